The summed E-state index contributed by atoms with van der Waals surface area (Å²) in [5.41, 5.74) is 0.344. The molecule has 0 aliphatic rings. The molecule has 0 heterocycles. The Morgan fingerprint density at radius 1 is 0.944 bits per heavy atom. The number of hydrogen-bond donors (Lipinski definition) is 1. The summed E-state index contributed by atoms with van der Waals surface area (Å²) in [5, 5.41) is 13.0. The molecule has 3 aromatic carbocycles. The van der Waals surface area contributed by atoms with Crippen molar-refractivity contribution in [2.45, 2.75) is 0 Å². The zero-order valence-electron chi connectivity index (χ0n) is 9.35. The van der Waals surface area contributed by atoms with Crippen LogP contribution in [0.15, 0.2) is 53.0 Å². The monoisotopic (exact) mass is 300 g/mol. The molecule has 0 radical (unpaired) electrons. The number of fused-ring (bicyclic) bond motifs is 3. The van der Waals surface area contributed by atoms with Gasteiger partial charge < -0.3 is 5.11 Å². The summed E-state index contributed by atoms with van der Waals surface area (Å²) in [6, 6.07) is 15.2. The van der Waals surface area contributed by atoms with E-state index in [-0.39, 0.29) is 0 Å². The molecule has 0 spiro atoms. The lowest BCUT2D eigenvalue weighted by Gasteiger charge is -2.07. The first-order valence-electron chi connectivity index (χ1n) is 5.51. The molecule has 1 N–H and O–H groups in total. The molecule has 0 atom stereocenters. The third-order valence-corrected chi connectivity index (χ3v) is 3.54. The van der Waals surface area contributed by atoms with E-state index >= 15 is 0 Å². The zero-order chi connectivity index (χ0) is 12.7. The third kappa shape index (κ3) is 1.68. The quantitative estimate of drug-likeness (QED) is 0.674. The van der Waals surface area contributed by atoms with Gasteiger partial charge in [-0.15, -0.1) is 0 Å². The average molecular weight is 301 g/mol. The van der Waals surface area contributed by atoms with E-state index in [9.17, 15) is 9.90 Å². The van der Waals surface area contributed by atoms with Gasteiger partial charge in [-0.05, 0) is 39.7 Å². The second-order valence-corrected chi connectivity index (χ2v) is 5.06. The Hall–Kier alpha value is -1.87. The van der Waals surface area contributed by atoms with E-state index in [1.165, 1.54) is 0 Å². The normalized spacial score (nSPS) is 10.9. The lowest BCUT2D eigenvalue weighted by molar-refractivity contribution is 0.0699. The number of hydrogen-bond acceptors (Lipinski definition) is 1. The van der Waals surface area contributed by atoms with Crippen LogP contribution in [0.2, 0.25) is 0 Å². The topological polar surface area (TPSA) is 37.3 Å². The van der Waals surface area contributed by atoms with E-state index in [1.54, 1.807) is 6.07 Å². The second-order valence-electron chi connectivity index (χ2n) is 4.14. The van der Waals surface area contributed by atoms with Crippen LogP contribution < -0.4 is 0 Å². The summed E-state index contributed by atoms with van der Waals surface area (Å²) >= 11 is 3.41. The molecule has 0 aliphatic heterocycles. The molecule has 0 amide bonds. The van der Waals surface area contributed by atoms with E-state index in [2.05, 4.69) is 15.9 Å². The fraction of sp³-hybridized carbons (Fsp3) is 0. The smallest absolute Gasteiger partial charge is 0.336 e. The number of carbonyl (C=O) groups is 1. The highest BCUT2D eigenvalue weighted by atomic mass is 79.9. The van der Waals surface area contributed by atoms with Gasteiger partial charge in [0.2, 0.25) is 0 Å². The number of rotatable bonds is 1. The molecule has 3 rings (SSSR count). The molecule has 88 valence electrons. The maximum absolute atomic E-state index is 11.3. The Kier molecular flexibility index (Phi) is 2.56. The molecule has 0 saturated carbocycles. The van der Waals surface area contributed by atoms with Gasteiger partial charge in [-0.3, -0.25) is 0 Å². The van der Waals surface area contributed by atoms with E-state index in [0.717, 1.165) is 26.0 Å². The van der Waals surface area contributed by atoms with Gasteiger partial charge in [0.25, 0.3) is 0 Å². The maximum Gasteiger partial charge on any atom is 0.336 e. The van der Waals surface area contributed by atoms with Crippen LogP contribution in [-0.2, 0) is 0 Å². The minimum absolute atomic E-state index is 0.344. The minimum Gasteiger partial charge on any atom is -0.478 e. The van der Waals surface area contributed by atoms with Crippen molar-refractivity contribution in [3.05, 3.63) is 58.6 Å². The molecule has 0 bridgehead atoms. The molecule has 0 aromatic heterocycles. The first-order valence-corrected chi connectivity index (χ1v) is 6.30. The zero-order valence-corrected chi connectivity index (χ0v) is 10.9. The number of carboxylic acids is 1. The van der Waals surface area contributed by atoms with Crippen LogP contribution in [0.1, 0.15) is 10.4 Å². The van der Waals surface area contributed by atoms with E-state index in [4.69, 9.17) is 0 Å². The fourth-order valence-electron chi connectivity index (χ4n) is 2.26. The number of benzene rings is 3. The van der Waals surface area contributed by atoms with E-state index in [0.29, 0.717) is 5.56 Å². The molecular formula is C15H9BrO2. The van der Waals surface area contributed by atoms with Gasteiger partial charge in [0, 0.05) is 4.47 Å². The molecule has 18 heavy (non-hydrogen) atoms. The van der Waals surface area contributed by atoms with Crippen LogP contribution >= 0.6 is 15.9 Å². The molecule has 0 fully saturated rings. The van der Waals surface area contributed by atoms with Crippen LogP contribution in [0.25, 0.3) is 21.5 Å². The Morgan fingerprint density at radius 3 is 2.39 bits per heavy atom. The second kappa shape index (κ2) is 4.10. The lowest BCUT2D eigenvalue weighted by atomic mass is 9.97. The largest absolute Gasteiger partial charge is 0.478 e. The average Bonchev–Trinajstić information content (AvgIpc) is 2.37. The molecule has 3 heteroatoms. The summed E-state index contributed by atoms with van der Waals surface area (Å²) in [4.78, 5) is 11.3. The van der Waals surface area contributed by atoms with Crippen molar-refractivity contribution in [2.75, 3.05) is 0 Å². The van der Waals surface area contributed by atoms with Crippen LogP contribution in [0, 0.1) is 0 Å². The highest BCUT2D eigenvalue weighted by Gasteiger charge is 2.11. The number of aromatic carboxylic acids is 1. The predicted octanol–water partition coefficient (Wildman–Crippen LogP) is 4.45. The van der Waals surface area contributed by atoms with Gasteiger partial charge in [0.15, 0.2) is 0 Å². The van der Waals surface area contributed by atoms with Crippen LogP contribution in [0.4, 0.5) is 0 Å². The van der Waals surface area contributed by atoms with Crippen molar-refractivity contribution in [2.24, 2.45) is 0 Å². The summed E-state index contributed by atoms with van der Waals surface area (Å²) in [6.45, 7) is 0. The minimum atomic E-state index is -0.895. The summed E-state index contributed by atoms with van der Waals surface area (Å²) in [5.74, 6) is -0.895. The highest BCUT2D eigenvalue weighted by Crippen LogP contribution is 2.30. The van der Waals surface area contributed by atoms with Crippen molar-refractivity contribution < 1.29 is 9.90 Å². The maximum atomic E-state index is 11.3. The van der Waals surface area contributed by atoms with Crippen LogP contribution in [0.3, 0.4) is 0 Å². The van der Waals surface area contributed by atoms with Crippen molar-refractivity contribution in [1.29, 1.82) is 0 Å². The standard InChI is InChI=1S/C15H9BrO2/c16-10-5-6-11-9(7-10)8-14(15(17)18)13-4-2-1-3-12(11)13/h1-8H,(H,17,18). The molecule has 0 saturated heterocycles. The van der Waals surface area contributed by atoms with Gasteiger partial charge in [0.1, 0.15) is 0 Å². The Labute approximate surface area is 112 Å². The van der Waals surface area contributed by atoms with Gasteiger partial charge in [-0.25, -0.2) is 4.79 Å². The summed E-state index contributed by atoms with van der Waals surface area (Å²) in [7, 11) is 0. The SMILES string of the molecule is O=C(O)c1cc2cc(Br)ccc2c2ccccc12. The van der Waals surface area contributed by atoms with Gasteiger partial charge in [-0.1, -0.05) is 46.3 Å². The van der Waals surface area contributed by atoms with Crippen LogP contribution in [0.5, 0.6) is 0 Å². The Bertz CT molecular complexity index is 778. The van der Waals surface area contributed by atoms with Crippen LogP contribution in [-0.4, -0.2) is 11.1 Å². The first-order chi connectivity index (χ1) is 8.66. The van der Waals surface area contributed by atoms with Crippen molar-refractivity contribution in [1.82, 2.24) is 0 Å². The van der Waals surface area contributed by atoms with Gasteiger partial charge >= 0.3 is 5.97 Å². The number of carboxylic acid groups (broad SMARTS) is 1. The molecule has 3 aromatic rings. The predicted molar refractivity (Wildman–Crippen MR) is 76.1 cm³/mol. The van der Waals surface area contributed by atoms with Crippen molar-refractivity contribution in [3.8, 4) is 0 Å². The first kappa shape index (κ1) is 11.2. The van der Waals surface area contributed by atoms with Crippen molar-refractivity contribution >= 4 is 43.4 Å². The molecular weight excluding hydrogens is 292 g/mol. The summed E-state index contributed by atoms with van der Waals surface area (Å²) in [6.07, 6.45) is 0. The molecule has 0 aliphatic carbocycles. The lowest BCUT2D eigenvalue weighted by Crippen LogP contribution is -1.97. The molecule has 2 nitrogen and oxygen atoms in total. The van der Waals surface area contributed by atoms with E-state index in [1.807, 2.05) is 42.5 Å². The van der Waals surface area contributed by atoms with Crippen molar-refractivity contribution in [3.63, 3.8) is 0 Å². The van der Waals surface area contributed by atoms with Gasteiger partial charge in [-0.2, -0.15) is 0 Å². The fourth-order valence-corrected chi connectivity index (χ4v) is 2.64. The van der Waals surface area contributed by atoms with E-state index < -0.39 is 5.97 Å². The number of halogens is 1. The Morgan fingerprint density at radius 2 is 1.67 bits per heavy atom. The van der Waals surface area contributed by atoms with Gasteiger partial charge in [0.05, 0.1) is 5.56 Å². The highest BCUT2D eigenvalue weighted by molar-refractivity contribution is 9.10. The summed E-state index contributed by atoms with van der Waals surface area (Å²) < 4.78 is 0.946. The Balaban J connectivity index is 2.57. The molecule has 0 unspecified atom stereocenters. The third-order valence-electron chi connectivity index (χ3n) is 3.05.